The molecular formula is C10H13NO2. The van der Waals surface area contributed by atoms with Crippen LogP contribution in [0.25, 0.3) is 0 Å². The van der Waals surface area contributed by atoms with E-state index in [0.717, 1.165) is 18.4 Å². The fourth-order valence-corrected chi connectivity index (χ4v) is 1.50. The van der Waals surface area contributed by atoms with Crippen LogP contribution in [0.2, 0.25) is 0 Å². The topological polar surface area (TPSA) is 66.5 Å². The molecule has 0 atom stereocenters. The van der Waals surface area contributed by atoms with Crippen LogP contribution in [0, 0.1) is 6.92 Å². The summed E-state index contributed by atoms with van der Waals surface area (Å²) in [6.45, 7) is 1.68. The van der Waals surface area contributed by atoms with Crippen LogP contribution >= 0.6 is 0 Å². The van der Waals surface area contributed by atoms with Crippen LogP contribution < -0.4 is 5.73 Å². The van der Waals surface area contributed by atoms with E-state index in [1.165, 1.54) is 0 Å². The summed E-state index contributed by atoms with van der Waals surface area (Å²) in [6.07, 6.45) is 1.82. The van der Waals surface area contributed by atoms with E-state index in [1.807, 2.05) is 0 Å². The van der Waals surface area contributed by atoms with E-state index < -0.39 is 0 Å². The van der Waals surface area contributed by atoms with Crippen molar-refractivity contribution in [2.75, 3.05) is 0 Å². The molecule has 1 saturated carbocycles. The minimum atomic E-state index is -0.345. The maximum absolute atomic E-state index is 9.71. The van der Waals surface area contributed by atoms with Crippen molar-refractivity contribution in [3.8, 4) is 11.5 Å². The van der Waals surface area contributed by atoms with Crippen molar-refractivity contribution in [2.45, 2.75) is 25.3 Å². The van der Waals surface area contributed by atoms with Gasteiger partial charge in [0.1, 0.15) is 11.5 Å². The second-order valence-corrected chi connectivity index (χ2v) is 3.76. The van der Waals surface area contributed by atoms with Crippen LogP contribution in [0.1, 0.15) is 24.0 Å². The van der Waals surface area contributed by atoms with Crippen LogP contribution in [-0.2, 0) is 5.54 Å². The van der Waals surface area contributed by atoms with E-state index in [2.05, 4.69) is 0 Å². The highest BCUT2D eigenvalue weighted by molar-refractivity contribution is 5.51. The Morgan fingerprint density at radius 3 is 2.46 bits per heavy atom. The molecule has 0 spiro atoms. The summed E-state index contributed by atoms with van der Waals surface area (Å²) in [4.78, 5) is 0. The third-order valence-corrected chi connectivity index (χ3v) is 2.73. The van der Waals surface area contributed by atoms with Gasteiger partial charge < -0.3 is 15.9 Å². The molecule has 1 fully saturated rings. The van der Waals surface area contributed by atoms with Gasteiger partial charge in [-0.3, -0.25) is 0 Å². The Morgan fingerprint density at radius 1 is 1.31 bits per heavy atom. The lowest BCUT2D eigenvalue weighted by molar-refractivity contribution is 0.433. The van der Waals surface area contributed by atoms with Crippen LogP contribution in [0.5, 0.6) is 11.5 Å². The summed E-state index contributed by atoms with van der Waals surface area (Å²) in [7, 11) is 0. The van der Waals surface area contributed by atoms with Crippen LogP contribution in [0.3, 0.4) is 0 Å². The molecule has 0 heterocycles. The highest BCUT2D eigenvalue weighted by atomic mass is 16.3. The van der Waals surface area contributed by atoms with Gasteiger partial charge in [-0.2, -0.15) is 0 Å². The molecule has 3 nitrogen and oxygen atoms in total. The Hall–Kier alpha value is -1.22. The molecule has 1 aromatic carbocycles. The lowest BCUT2D eigenvalue weighted by Gasteiger charge is -2.13. The van der Waals surface area contributed by atoms with Crippen molar-refractivity contribution >= 4 is 0 Å². The lowest BCUT2D eigenvalue weighted by atomic mass is 10.0. The maximum atomic E-state index is 9.71. The minimum absolute atomic E-state index is 0.116. The average molecular weight is 179 g/mol. The van der Waals surface area contributed by atoms with Gasteiger partial charge in [0.25, 0.3) is 0 Å². The zero-order valence-electron chi connectivity index (χ0n) is 7.54. The molecule has 0 unspecified atom stereocenters. The Bertz CT molecular complexity index is 356. The van der Waals surface area contributed by atoms with Crippen LogP contribution in [0.4, 0.5) is 0 Å². The minimum Gasteiger partial charge on any atom is -0.508 e. The molecule has 4 N–H and O–H groups in total. The smallest absolute Gasteiger partial charge is 0.127 e. The highest BCUT2D eigenvalue weighted by Gasteiger charge is 2.42. The number of phenolic OH excluding ortho intramolecular Hbond substituents is 2. The molecule has 1 aliphatic rings. The zero-order chi connectivity index (χ0) is 9.64. The SMILES string of the molecule is Cc1c(O)ccc(C2(N)CC2)c1O. The molecule has 0 aliphatic heterocycles. The van der Waals surface area contributed by atoms with E-state index in [0.29, 0.717) is 5.56 Å². The van der Waals surface area contributed by atoms with Crippen molar-refractivity contribution in [1.82, 2.24) is 0 Å². The summed E-state index contributed by atoms with van der Waals surface area (Å²) < 4.78 is 0. The van der Waals surface area contributed by atoms with Gasteiger partial charge in [-0.1, -0.05) is 0 Å². The Labute approximate surface area is 76.8 Å². The number of aromatic hydroxyl groups is 2. The number of hydrogen-bond donors (Lipinski definition) is 3. The molecule has 2 rings (SSSR count). The Balaban J connectivity index is 2.54. The van der Waals surface area contributed by atoms with E-state index >= 15 is 0 Å². The van der Waals surface area contributed by atoms with Gasteiger partial charge in [0.05, 0.1) is 0 Å². The van der Waals surface area contributed by atoms with Crippen molar-refractivity contribution in [2.24, 2.45) is 5.73 Å². The lowest BCUT2D eigenvalue weighted by Crippen LogP contribution is -2.18. The van der Waals surface area contributed by atoms with Gasteiger partial charge >= 0.3 is 0 Å². The van der Waals surface area contributed by atoms with Crippen LogP contribution in [-0.4, -0.2) is 10.2 Å². The van der Waals surface area contributed by atoms with Gasteiger partial charge in [0, 0.05) is 16.7 Å². The van der Waals surface area contributed by atoms with Gasteiger partial charge in [-0.15, -0.1) is 0 Å². The molecule has 0 amide bonds. The Morgan fingerprint density at radius 2 is 1.92 bits per heavy atom. The summed E-state index contributed by atoms with van der Waals surface area (Å²) in [5.74, 6) is 0.255. The number of phenols is 2. The first-order valence-corrected chi connectivity index (χ1v) is 4.35. The molecule has 0 radical (unpaired) electrons. The second-order valence-electron chi connectivity index (χ2n) is 3.76. The van der Waals surface area contributed by atoms with E-state index in [-0.39, 0.29) is 17.0 Å². The molecule has 1 aliphatic carbocycles. The summed E-state index contributed by atoms with van der Waals surface area (Å²) in [6, 6.07) is 3.28. The quantitative estimate of drug-likeness (QED) is 0.609. The third-order valence-electron chi connectivity index (χ3n) is 2.73. The summed E-state index contributed by atoms with van der Waals surface area (Å²) in [5, 5.41) is 19.0. The van der Waals surface area contributed by atoms with E-state index in [9.17, 15) is 10.2 Å². The largest absolute Gasteiger partial charge is 0.508 e. The molecule has 0 aromatic heterocycles. The predicted octanol–water partition coefficient (Wildman–Crippen LogP) is 1.35. The molecule has 1 aromatic rings. The van der Waals surface area contributed by atoms with E-state index in [4.69, 9.17) is 5.73 Å². The molecule has 3 heteroatoms. The second kappa shape index (κ2) is 2.39. The van der Waals surface area contributed by atoms with Crippen LogP contribution in [0.15, 0.2) is 12.1 Å². The van der Waals surface area contributed by atoms with Crippen molar-refractivity contribution in [3.63, 3.8) is 0 Å². The van der Waals surface area contributed by atoms with Gasteiger partial charge in [-0.05, 0) is 31.9 Å². The van der Waals surface area contributed by atoms with E-state index in [1.54, 1.807) is 19.1 Å². The average Bonchev–Trinajstić information content (AvgIpc) is 2.80. The number of hydrogen-bond acceptors (Lipinski definition) is 3. The normalized spacial score (nSPS) is 18.6. The fourth-order valence-electron chi connectivity index (χ4n) is 1.50. The maximum Gasteiger partial charge on any atom is 0.127 e. The number of rotatable bonds is 1. The number of benzene rings is 1. The first-order valence-electron chi connectivity index (χ1n) is 4.35. The molecule has 0 saturated heterocycles. The first kappa shape index (κ1) is 8.38. The third kappa shape index (κ3) is 1.16. The van der Waals surface area contributed by atoms with Gasteiger partial charge in [0.15, 0.2) is 0 Å². The van der Waals surface area contributed by atoms with Crippen molar-refractivity contribution in [3.05, 3.63) is 23.3 Å². The first-order chi connectivity index (χ1) is 6.04. The summed E-state index contributed by atoms with van der Waals surface area (Å²) in [5.41, 5.74) is 6.86. The molecule has 0 bridgehead atoms. The standard InChI is InChI=1S/C10H13NO2/c1-6-8(12)3-2-7(9(6)13)10(11)4-5-10/h2-3,12-13H,4-5,11H2,1H3. The molecular weight excluding hydrogens is 166 g/mol. The molecule has 13 heavy (non-hydrogen) atoms. The summed E-state index contributed by atoms with van der Waals surface area (Å²) >= 11 is 0. The predicted molar refractivity (Wildman–Crippen MR) is 49.6 cm³/mol. The molecule has 70 valence electrons. The zero-order valence-corrected chi connectivity index (χ0v) is 7.54. The van der Waals surface area contributed by atoms with Crippen molar-refractivity contribution < 1.29 is 10.2 Å². The van der Waals surface area contributed by atoms with Gasteiger partial charge in [0.2, 0.25) is 0 Å². The van der Waals surface area contributed by atoms with Gasteiger partial charge in [-0.25, -0.2) is 0 Å². The van der Waals surface area contributed by atoms with Crippen molar-refractivity contribution in [1.29, 1.82) is 0 Å². The highest BCUT2D eigenvalue weighted by Crippen LogP contribution is 2.48. The monoisotopic (exact) mass is 179 g/mol. The fraction of sp³-hybridized carbons (Fsp3) is 0.400. The number of nitrogens with two attached hydrogens (primary N) is 1. The Kier molecular flexibility index (Phi) is 1.54.